The van der Waals surface area contributed by atoms with E-state index in [0.717, 1.165) is 4.47 Å². The number of amides is 2. The van der Waals surface area contributed by atoms with E-state index in [1.807, 2.05) is 0 Å². The summed E-state index contributed by atoms with van der Waals surface area (Å²) in [5.41, 5.74) is 0.424. The van der Waals surface area contributed by atoms with Crippen molar-refractivity contribution in [1.29, 1.82) is 0 Å². The van der Waals surface area contributed by atoms with Gasteiger partial charge in [0.1, 0.15) is 5.82 Å². The molecule has 1 unspecified atom stereocenters. The first-order chi connectivity index (χ1) is 12.3. The van der Waals surface area contributed by atoms with E-state index in [9.17, 15) is 9.59 Å². The van der Waals surface area contributed by atoms with Crippen LogP contribution in [-0.2, 0) is 9.59 Å². The number of likely N-dealkylation sites (N-methyl/N-ethyl adjacent to an activating group) is 1. The van der Waals surface area contributed by atoms with Gasteiger partial charge in [-0.05, 0) is 54.2 Å². The lowest BCUT2D eigenvalue weighted by molar-refractivity contribution is -0.122. The van der Waals surface area contributed by atoms with Crippen molar-refractivity contribution in [2.75, 3.05) is 24.2 Å². The fraction of sp³-hybridized carbons (Fsp3) is 0.235. The number of pyridine rings is 1. The number of carbonyl (C=O) groups excluding carboxylic acids is 2. The molecule has 1 heterocycles. The molecule has 2 N–H and O–H groups in total. The Kier molecular flexibility index (Phi) is 7.40. The van der Waals surface area contributed by atoms with E-state index < -0.39 is 6.04 Å². The summed E-state index contributed by atoms with van der Waals surface area (Å²) < 4.78 is 0.817. The van der Waals surface area contributed by atoms with E-state index in [1.54, 1.807) is 55.4 Å². The predicted molar refractivity (Wildman–Crippen MR) is 108 cm³/mol. The highest BCUT2D eigenvalue weighted by Gasteiger charge is 2.21. The quantitative estimate of drug-likeness (QED) is 0.683. The molecule has 2 rings (SSSR count). The average molecular weight is 460 g/mol. The second-order valence-electron chi connectivity index (χ2n) is 5.59. The highest BCUT2D eigenvalue weighted by Crippen LogP contribution is 2.29. The zero-order chi connectivity index (χ0) is 19.3. The van der Waals surface area contributed by atoms with Gasteiger partial charge in [0.15, 0.2) is 0 Å². The molecule has 138 valence electrons. The summed E-state index contributed by atoms with van der Waals surface area (Å²) in [6.07, 6.45) is 1.59. The highest BCUT2D eigenvalue weighted by atomic mass is 79.9. The fourth-order valence-electron chi connectivity index (χ4n) is 2.03. The highest BCUT2D eigenvalue weighted by molar-refractivity contribution is 9.10. The molecule has 0 fully saturated rings. The Morgan fingerprint density at radius 2 is 1.96 bits per heavy atom. The first kappa shape index (κ1) is 20.6. The largest absolute Gasteiger partial charge is 0.323 e. The second kappa shape index (κ2) is 9.32. The minimum atomic E-state index is -0.561. The summed E-state index contributed by atoms with van der Waals surface area (Å²) in [5.74, 6) is -0.136. The number of nitrogens with zero attached hydrogens (tertiary/aromatic N) is 2. The van der Waals surface area contributed by atoms with Crippen molar-refractivity contribution < 1.29 is 9.59 Å². The van der Waals surface area contributed by atoms with Gasteiger partial charge in [0.2, 0.25) is 11.8 Å². The molecule has 0 radical (unpaired) electrons. The zero-order valence-corrected chi connectivity index (χ0v) is 17.2. The van der Waals surface area contributed by atoms with E-state index in [-0.39, 0.29) is 23.4 Å². The van der Waals surface area contributed by atoms with Gasteiger partial charge in [-0.1, -0.05) is 29.3 Å². The van der Waals surface area contributed by atoms with Crippen LogP contribution >= 0.6 is 39.1 Å². The van der Waals surface area contributed by atoms with Crippen molar-refractivity contribution in [3.8, 4) is 0 Å². The summed E-state index contributed by atoms with van der Waals surface area (Å²) in [6.45, 7) is 1.72. The zero-order valence-electron chi connectivity index (χ0n) is 14.1. The molecular weight excluding hydrogens is 443 g/mol. The van der Waals surface area contributed by atoms with Gasteiger partial charge in [0, 0.05) is 10.7 Å². The third-order valence-corrected chi connectivity index (χ3v) is 4.93. The van der Waals surface area contributed by atoms with Gasteiger partial charge in [-0.2, -0.15) is 0 Å². The average Bonchev–Trinajstić information content (AvgIpc) is 2.60. The standard InChI is InChI=1S/C17H17BrCl2N4O2/c1-10(17(26)22-13-5-3-4-12(19)16(13)20)24(2)9-15(25)23-14-7-6-11(18)8-21-14/h3-8,10H,9H2,1-2H3,(H,22,26)(H,21,23,25). The van der Waals surface area contributed by atoms with E-state index in [0.29, 0.717) is 16.5 Å². The topological polar surface area (TPSA) is 74.3 Å². The van der Waals surface area contributed by atoms with Crippen LogP contribution in [-0.4, -0.2) is 41.3 Å². The van der Waals surface area contributed by atoms with Crippen molar-refractivity contribution in [2.45, 2.75) is 13.0 Å². The monoisotopic (exact) mass is 458 g/mol. The predicted octanol–water partition coefficient (Wildman–Crippen LogP) is 4.05. The third-order valence-electron chi connectivity index (χ3n) is 3.64. The van der Waals surface area contributed by atoms with Gasteiger partial charge in [0.25, 0.3) is 0 Å². The number of hydrogen-bond donors (Lipinski definition) is 2. The minimum Gasteiger partial charge on any atom is -0.323 e. The Labute approximate surface area is 170 Å². The van der Waals surface area contributed by atoms with Crippen LogP contribution in [0, 0.1) is 0 Å². The van der Waals surface area contributed by atoms with Crippen LogP contribution in [0.25, 0.3) is 0 Å². The van der Waals surface area contributed by atoms with Crippen molar-refractivity contribution in [1.82, 2.24) is 9.88 Å². The summed E-state index contributed by atoms with van der Waals surface area (Å²) >= 11 is 15.3. The Morgan fingerprint density at radius 3 is 2.62 bits per heavy atom. The molecule has 0 saturated carbocycles. The van der Waals surface area contributed by atoms with Gasteiger partial charge in [0.05, 0.1) is 28.3 Å². The molecular formula is C17H17BrCl2N4O2. The third kappa shape index (κ3) is 5.67. The fourth-order valence-corrected chi connectivity index (χ4v) is 2.62. The van der Waals surface area contributed by atoms with Crippen LogP contribution in [0.4, 0.5) is 11.5 Å². The summed E-state index contributed by atoms with van der Waals surface area (Å²) in [5, 5.41) is 6.02. The molecule has 0 aliphatic carbocycles. The molecule has 1 atom stereocenters. The van der Waals surface area contributed by atoms with E-state index in [2.05, 4.69) is 31.5 Å². The number of nitrogens with one attached hydrogen (secondary N) is 2. The van der Waals surface area contributed by atoms with Crippen LogP contribution in [0.2, 0.25) is 10.0 Å². The number of carbonyl (C=O) groups is 2. The van der Waals surface area contributed by atoms with Crippen molar-refractivity contribution in [3.05, 3.63) is 51.0 Å². The number of benzene rings is 1. The maximum Gasteiger partial charge on any atom is 0.241 e. The molecule has 0 bridgehead atoms. The number of aromatic nitrogens is 1. The van der Waals surface area contributed by atoms with Gasteiger partial charge in [-0.25, -0.2) is 4.98 Å². The molecule has 2 aromatic rings. The van der Waals surface area contributed by atoms with Gasteiger partial charge in [-0.15, -0.1) is 0 Å². The number of anilines is 2. The van der Waals surface area contributed by atoms with Crippen molar-refractivity contribution >= 4 is 62.5 Å². The minimum absolute atomic E-state index is 0.0234. The van der Waals surface area contributed by atoms with Crippen molar-refractivity contribution in [2.24, 2.45) is 0 Å². The lowest BCUT2D eigenvalue weighted by atomic mass is 10.2. The van der Waals surface area contributed by atoms with E-state index in [1.165, 1.54) is 0 Å². The molecule has 0 aliphatic heterocycles. The van der Waals surface area contributed by atoms with Crippen LogP contribution in [0.3, 0.4) is 0 Å². The first-order valence-electron chi connectivity index (χ1n) is 7.64. The SMILES string of the molecule is CC(C(=O)Nc1cccc(Cl)c1Cl)N(C)CC(=O)Nc1ccc(Br)cn1. The Bertz CT molecular complexity index is 802. The van der Waals surface area contributed by atoms with Gasteiger partial charge < -0.3 is 10.6 Å². The molecule has 1 aromatic heterocycles. The Morgan fingerprint density at radius 1 is 1.23 bits per heavy atom. The normalized spacial score (nSPS) is 11.9. The van der Waals surface area contributed by atoms with Crippen LogP contribution in [0.5, 0.6) is 0 Å². The summed E-state index contributed by atoms with van der Waals surface area (Å²) in [7, 11) is 1.68. The van der Waals surface area contributed by atoms with Crippen LogP contribution in [0.1, 0.15) is 6.92 Å². The van der Waals surface area contributed by atoms with Gasteiger partial charge in [-0.3, -0.25) is 14.5 Å². The number of halogens is 3. The van der Waals surface area contributed by atoms with E-state index >= 15 is 0 Å². The first-order valence-corrected chi connectivity index (χ1v) is 9.19. The maximum absolute atomic E-state index is 12.4. The lowest BCUT2D eigenvalue weighted by Crippen LogP contribution is -2.43. The molecule has 26 heavy (non-hydrogen) atoms. The molecule has 0 aliphatic rings. The molecule has 6 nitrogen and oxygen atoms in total. The second-order valence-corrected chi connectivity index (χ2v) is 7.29. The molecule has 0 spiro atoms. The molecule has 1 aromatic carbocycles. The molecule has 0 saturated heterocycles. The maximum atomic E-state index is 12.4. The summed E-state index contributed by atoms with van der Waals surface area (Å²) in [6, 6.07) is 7.88. The van der Waals surface area contributed by atoms with Crippen LogP contribution < -0.4 is 10.6 Å². The Hall–Kier alpha value is -1.67. The smallest absolute Gasteiger partial charge is 0.241 e. The number of rotatable bonds is 6. The number of hydrogen-bond acceptors (Lipinski definition) is 4. The van der Waals surface area contributed by atoms with Crippen molar-refractivity contribution in [3.63, 3.8) is 0 Å². The lowest BCUT2D eigenvalue weighted by Gasteiger charge is -2.23. The van der Waals surface area contributed by atoms with Crippen LogP contribution in [0.15, 0.2) is 41.0 Å². The molecule has 2 amide bonds. The summed E-state index contributed by atoms with van der Waals surface area (Å²) in [4.78, 5) is 30.2. The van der Waals surface area contributed by atoms with Gasteiger partial charge >= 0.3 is 0 Å². The molecule has 9 heteroatoms. The van der Waals surface area contributed by atoms with E-state index in [4.69, 9.17) is 23.2 Å². The Balaban J connectivity index is 1.92.